The third-order valence-electron chi connectivity index (χ3n) is 4.81. The van der Waals surface area contributed by atoms with Crippen LogP contribution in [0.3, 0.4) is 0 Å². The Balaban J connectivity index is 1.58. The summed E-state index contributed by atoms with van der Waals surface area (Å²) in [5.41, 5.74) is 4.74. The second kappa shape index (κ2) is 7.55. The van der Waals surface area contributed by atoms with Crippen molar-refractivity contribution in [1.29, 1.82) is 0 Å². The normalized spacial score (nSPS) is 11.5. The second-order valence-corrected chi connectivity index (χ2v) is 8.16. The molecule has 0 fully saturated rings. The minimum atomic E-state index is -0.233. The lowest BCUT2D eigenvalue weighted by Gasteiger charge is -2.14. The van der Waals surface area contributed by atoms with E-state index in [0.717, 1.165) is 22.5 Å². The fourth-order valence-corrected chi connectivity index (χ4v) is 3.00. The summed E-state index contributed by atoms with van der Waals surface area (Å²) in [6.45, 7) is 8.22. The zero-order chi connectivity index (χ0) is 21.3. The van der Waals surface area contributed by atoms with Crippen LogP contribution in [0.15, 0.2) is 55.0 Å². The van der Waals surface area contributed by atoms with E-state index in [1.54, 1.807) is 23.1 Å². The number of H-pyrrole nitrogens is 1. The molecule has 0 saturated carbocycles. The van der Waals surface area contributed by atoms with Crippen LogP contribution in [0, 0.1) is 6.92 Å². The van der Waals surface area contributed by atoms with Gasteiger partial charge in [-0.25, -0.2) is 4.68 Å². The molecule has 152 valence electrons. The molecule has 1 amide bonds. The summed E-state index contributed by atoms with van der Waals surface area (Å²) < 4.78 is 1.66. The van der Waals surface area contributed by atoms with E-state index in [-0.39, 0.29) is 11.3 Å². The SMILES string of the molecule is Cc1ccc(C(=O)Nc2cc(C(C)(C)C)[nH]n2)cc1-c1cn(-c2cccnc2)nn1. The van der Waals surface area contributed by atoms with Crippen molar-refractivity contribution in [1.82, 2.24) is 30.2 Å². The quantitative estimate of drug-likeness (QED) is 0.540. The highest BCUT2D eigenvalue weighted by molar-refractivity contribution is 6.04. The van der Waals surface area contributed by atoms with E-state index >= 15 is 0 Å². The van der Waals surface area contributed by atoms with Gasteiger partial charge >= 0.3 is 0 Å². The number of pyridine rings is 1. The Bertz CT molecular complexity index is 1190. The molecule has 4 rings (SSSR count). The van der Waals surface area contributed by atoms with E-state index in [4.69, 9.17) is 0 Å². The van der Waals surface area contributed by atoms with Gasteiger partial charge in [0.15, 0.2) is 5.82 Å². The number of rotatable bonds is 4. The first-order valence-electron chi connectivity index (χ1n) is 9.62. The summed E-state index contributed by atoms with van der Waals surface area (Å²) in [6, 6.07) is 11.1. The molecular formula is C22H23N7O. The Morgan fingerprint density at radius 1 is 1.17 bits per heavy atom. The number of nitrogens with one attached hydrogen (secondary N) is 2. The van der Waals surface area contributed by atoms with Crippen LogP contribution in [0.2, 0.25) is 0 Å². The summed E-state index contributed by atoms with van der Waals surface area (Å²) >= 11 is 0. The fraction of sp³-hybridized carbons (Fsp3) is 0.227. The second-order valence-electron chi connectivity index (χ2n) is 8.16. The van der Waals surface area contributed by atoms with Crippen molar-refractivity contribution in [2.24, 2.45) is 0 Å². The number of carbonyl (C=O) groups excluding carboxylic acids is 1. The van der Waals surface area contributed by atoms with Gasteiger partial charge in [0.25, 0.3) is 5.91 Å². The molecule has 1 aromatic carbocycles. The smallest absolute Gasteiger partial charge is 0.256 e. The minimum Gasteiger partial charge on any atom is -0.305 e. The highest BCUT2D eigenvalue weighted by Gasteiger charge is 2.18. The molecule has 0 unspecified atom stereocenters. The Morgan fingerprint density at radius 3 is 2.70 bits per heavy atom. The first-order chi connectivity index (χ1) is 14.3. The lowest BCUT2D eigenvalue weighted by molar-refractivity contribution is 0.102. The van der Waals surface area contributed by atoms with Gasteiger partial charge < -0.3 is 5.32 Å². The van der Waals surface area contributed by atoms with Crippen LogP contribution in [0.1, 0.15) is 42.4 Å². The lowest BCUT2D eigenvalue weighted by Crippen LogP contribution is -2.13. The summed E-state index contributed by atoms with van der Waals surface area (Å²) in [6.07, 6.45) is 5.24. The van der Waals surface area contributed by atoms with Gasteiger partial charge in [0.2, 0.25) is 0 Å². The maximum Gasteiger partial charge on any atom is 0.256 e. The highest BCUT2D eigenvalue weighted by atomic mass is 16.1. The van der Waals surface area contributed by atoms with Crippen LogP contribution >= 0.6 is 0 Å². The van der Waals surface area contributed by atoms with Crippen molar-refractivity contribution in [3.05, 3.63) is 71.8 Å². The van der Waals surface area contributed by atoms with Crippen LogP contribution in [0.25, 0.3) is 16.9 Å². The molecule has 0 atom stereocenters. The van der Waals surface area contributed by atoms with Crippen molar-refractivity contribution < 1.29 is 4.79 Å². The molecule has 0 aliphatic rings. The van der Waals surface area contributed by atoms with Crippen LogP contribution in [0.5, 0.6) is 0 Å². The van der Waals surface area contributed by atoms with Crippen molar-refractivity contribution >= 4 is 11.7 Å². The molecule has 8 heteroatoms. The molecule has 0 spiro atoms. The van der Waals surface area contributed by atoms with E-state index in [1.807, 2.05) is 43.5 Å². The van der Waals surface area contributed by atoms with Gasteiger partial charge in [-0.3, -0.25) is 14.9 Å². The third-order valence-corrected chi connectivity index (χ3v) is 4.81. The van der Waals surface area contributed by atoms with Crippen LogP contribution in [-0.2, 0) is 5.41 Å². The summed E-state index contributed by atoms with van der Waals surface area (Å²) in [7, 11) is 0. The largest absolute Gasteiger partial charge is 0.305 e. The Morgan fingerprint density at radius 2 is 2.00 bits per heavy atom. The zero-order valence-electron chi connectivity index (χ0n) is 17.3. The summed E-state index contributed by atoms with van der Waals surface area (Å²) in [5, 5.41) is 18.5. The number of nitrogens with zero attached hydrogens (tertiary/aromatic N) is 5. The molecule has 0 saturated heterocycles. The third kappa shape index (κ3) is 3.98. The van der Waals surface area contributed by atoms with Crippen LogP contribution < -0.4 is 5.32 Å². The molecule has 0 aliphatic heterocycles. The van der Waals surface area contributed by atoms with E-state index < -0.39 is 0 Å². The van der Waals surface area contributed by atoms with Gasteiger partial charge in [-0.1, -0.05) is 32.1 Å². The predicted molar refractivity (Wildman–Crippen MR) is 115 cm³/mol. The van der Waals surface area contributed by atoms with Crippen molar-refractivity contribution in [2.75, 3.05) is 5.32 Å². The molecule has 0 radical (unpaired) electrons. The predicted octanol–water partition coefficient (Wildman–Crippen LogP) is 3.91. The molecule has 3 heterocycles. The number of benzene rings is 1. The molecule has 30 heavy (non-hydrogen) atoms. The molecule has 0 aliphatic carbocycles. The van der Waals surface area contributed by atoms with Crippen molar-refractivity contribution in [3.8, 4) is 16.9 Å². The minimum absolute atomic E-state index is 0.0763. The molecule has 3 aromatic heterocycles. The maximum atomic E-state index is 12.8. The number of anilines is 1. The van der Waals surface area contributed by atoms with Crippen LogP contribution in [0.4, 0.5) is 5.82 Å². The number of aromatic nitrogens is 6. The maximum absolute atomic E-state index is 12.8. The Hall–Kier alpha value is -3.81. The monoisotopic (exact) mass is 401 g/mol. The van der Waals surface area contributed by atoms with Gasteiger partial charge in [0, 0.05) is 34.5 Å². The number of hydrogen-bond donors (Lipinski definition) is 2. The summed E-state index contributed by atoms with van der Waals surface area (Å²) in [5.74, 6) is 0.262. The topological polar surface area (TPSA) is 101 Å². The average Bonchev–Trinajstić information content (AvgIpc) is 3.38. The van der Waals surface area contributed by atoms with E-state index in [9.17, 15) is 4.79 Å². The zero-order valence-corrected chi connectivity index (χ0v) is 17.3. The standard InChI is InChI=1S/C22H23N7O/c1-14-7-8-15(21(30)24-20-11-19(26-27-20)22(2,3)4)10-17(14)18-13-29(28-25-18)16-6-5-9-23-12-16/h5-13H,1-4H3,(H2,24,26,27,30). The van der Waals surface area contributed by atoms with Gasteiger partial charge in [-0.05, 0) is 36.8 Å². The molecule has 2 N–H and O–H groups in total. The van der Waals surface area contributed by atoms with Gasteiger partial charge in [-0.2, -0.15) is 5.10 Å². The molecular weight excluding hydrogens is 378 g/mol. The Labute approximate surface area is 174 Å². The van der Waals surface area contributed by atoms with Gasteiger partial charge in [0.05, 0.1) is 18.1 Å². The number of carbonyl (C=O) groups is 1. The summed E-state index contributed by atoms with van der Waals surface area (Å²) in [4.78, 5) is 16.9. The van der Waals surface area contributed by atoms with Crippen LogP contribution in [-0.4, -0.2) is 36.1 Å². The average molecular weight is 401 g/mol. The molecule has 8 nitrogen and oxygen atoms in total. The first-order valence-corrected chi connectivity index (χ1v) is 9.62. The van der Waals surface area contributed by atoms with Gasteiger partial charge in [0.1, 0.15) is 5.69 Å². The first kappa shape index (κ1) is 19.5. The van der Waals surface area contributed by atoms with Gasteiger partial charge in [-0.15, -0.1) is 5.10 Å². The molecule has 4 aromatic rings. The van der Waals surface area contributed by atoms with E-state index in [0.29, 0.717) is 17.1 Å². The van der Waals surface area contributed by atoms with E-state index in [2.05, 4.69) is 51.6 Å². The van der Waals surface area contributed by atoms with Crippen molar-refractivity contribution in [2.45, 2.75) is 33.1 Å². The van der Waals surface area contributed by atoms with Crippen molar-refractivity contribution in [3.63, 3.8) is 0 Å². The Kier molecular flexibility index (Phi) is 4.91. The number of aromatic amines is 1. The van der Waals surface area contributed by atoms with E-state index in [1.165, 1.54) is 0 Å². The molecule has 0 bridgehead atoms. The fourth-order valence-electron chi connectivity index (χ4n) is 3.00. The number of hydrogen-bond acceptors (Lipinski definition) is 5. The number of amides is 1. The highest BCUT2D eigenvalue weighted by Crippen LogP contribution is 2.25. The lowest BCUT2D eigenvalue weighted by atomic mass is 9.92. The number of aryl methyl sites for hydroxylation is 1.